The van der Waals surface area contributed by atoms with Crippen LogP contribution in [0.4, 0.5) is 0 Å². The van der Waals surface area contributed by atoms with Crippen molar-refractivity contribution in [2.45, 2.75) is 13.8 Å². The quantitative estimate of drug-likeness (QED) is 0.271. The van der Waals surface area contributed by atoms with Gasteiger partial charge in [0.2, 0.25) is 11.4 Å². The summed E-state index contributed by atoms with van der Waals surface area (Å²) in [7, 11) is 0. The minimum absolute atomic E-state index is 0.882. The SMILES string of the molecule is CC.c1ccc(-n2c3ccccc3c3c4c5ccccc5n(-c5ccccc5)c4oc32)cc1. The fraction of sp³-hybridized carbons (Fsp3) is 0.0667. The van der Waals surface area contributed by atoms with Crippen LogP contribution in [0.5, 0.6) is 0 Å². The first kappa shape index (κ1) is 19.4. The van der Waals surface area contributed by atoms with Gasteiger partial charge in [-0.05, 0) is 36.4 Å². The Kier molecular flexibility index (Phi) is 4.55. The van der Waals surface area contributed by atoms with Gasteiger partial charge in [0.25, 0.3) is 0 Å². The van der Waals surface area contributed by atoms with Crippen LogP contribution >= 0.6 is 0 Å². The molecule has 0 atom stereocenters. The van der Waals surface area contributed by atoms with Gasteiger partial charge in [0.1, 0.15) is 0 Å². The van der Waals surface area contributed by atoms with Gasteiger partial charge in [-0.1, -0.05) is 86.6 Å². The molecule has 0 saturated heterocycles. The highest BCUT2D eigenvalue weighted by Gasteiger charge is 2.24. The van der Waals surface area contributed by atoms with Crippen molar-refractivity contribution in [3.63, 3.8) is 0 Å². The van der Waals surface area contributed by atoms with Crippen molar-refractivity contribution in [3.05, 3.63) is 109 Å². The van der Waals surface area contributed by atoms with Crippen LogP contribution < -0.4 is 0 Å². The number of nitrogens with zero attached hydrogens (tertiary/aromatic N) is 2. The molecule has 0 spiro atoms. The summed E-state index contributed by atoms with van der Waals surface area (Å²) in [6.45, 7) is 4.00. The summed E-state index contributed by atoms with van der Waals surface area (Å²) in [4.78, 5) is 0. The summed E-state index contributed by atoms with van der Waals surface area (Å²) < 4.78 is 11.2. The molecular formula is C30H24N2O. The van der Waals surface area contributed by atoms with Crippen LogP contribution in [0.1, 0.15) is 13.8 Å². The predicted molar refractivity (Wildman–Crippen MR) is 139 cm³/mol. The van der Waals surface area contributed by atoms with E-state index in [-0.39, 0.29) is 0 Å². The van der Waals surface area contributed by atoms with E-state index in [1.807, 2.05) is 26.0 Å². The average Bonchev–Trinajstić information content (AvgIpc) is 3.51. The Morgan fingerprint density at radius 3 is 1.24 bits per heavy atom. The Bertz CT molecular complexity index is 1590. The standard InChI is InChI=1S/C28H18N2O.C2H6/c1-3-11-19(12-4-1)29-23-17-9-7-15-21(23)25-26-22-16-8-10-18-24(22)30(28(26)31-27(25)29)20-13-5-2-6-14-20;1-2/h1-18H;1-2H3. The van der Waals surface area contributed by atoms with Crippen molar-refractivity contribution in [1.82, 2.24) is 9.13 Å². The molecule has 0 fully saturated rings. The van der Waals surface area contributed by atoms with E-state index in [0.717, 1.165) is 33.8 Å². The molecule has 3 aromatic heterocycles. The summed E-state index contributed by atoms with van der Waals surface area (Å²) in [5.41, 5.74) is 6.27. The number of benzene rings is 4. The Morgan fingerprint density at radius 2 is 0.818 bits per heavy atom. The van der Waals surface area contributed by atoms with Crippen molar-refractivity contribution < 1.29 is 4.42 Å². The number of fused-ring (bicyclic) bond motifs is 7. The van der Waals surface area contributed by atoms with Gasteiger partial charge in [0.15, 0.2) is 0 Å². The highest BCUT2D eigenvalue weighted by atomic mass is 16.4. The third-order valence-electron chi connectivity index (χ3n) is 6.13. The second kappa shape index (κ2) is 7.72. The fourth-order valence-electron chi connectivity index (χ4n) is 4.87. The highest BCUT2D eigenvalue weighted by Crippen LogP contribution is 2.44. The molecule has 3 heteroatoms. The van der Waals surface area contributed by atoms with E-state index in [0.29, 0.717) is 0 Å². The monoisotopic (exact) mass is 428 g/mol. The summed E-state index contributed by atoms with van der Waals surface area (Å²) in [6, 6.07) is 38.0. The van der Waals surface area contributed by atoms with Crippen LogP contribution in [0.2, 0.25) is 0 Å². The Labute approximate surface area is 192 Å². The van der Waals surface area contributed by atoms with E-state index >= 15 is 0 Å². The summed E-state index contributed by atoms with van der Waals surface area (Å²) in [5.74, 6) is 0. The number of hydrogen-bond donors (Lipinski definition) is 0. The van der Waals surface area contributed by atoms with E-state index < -0.39 is 0 Å². The number of furan rings is 1. The van der Waals surface area contributed by atoms with Gasteiger partial charge < -0.3 is 4.42 Å². The molecule has 4 aromatic carbocycles. The summed E-state index contributed by atoms with van der Waals surface area (Å²) in [6.07, 6.45) is 0. The van der Waals surface area contributed by atoms with Crippen LogP contribution in [0, 0.1) is 0 Å². The van der Waals surface area contributed by atoms with E-state index in [9.17, 15) is 0 Å². The molecule has 0 unspecified atom stereocenters. The molecule has 0 amide bonds. The van der Waals surface area contributed by atoms with Crippen molar-refractivity contribution in [1.29, 1.82) is 0 Å². The molecule has 7 rings (SSSR count). The largest absolute Gasteiger partial charge is 0.422 e. The number of aromatic nitrogens is 2. The maximum Gasteiger partial charge on any atom is 0.215 e. The third kappa shape index (κ3) is 2.76. The molecule has 160 valence electrons. The summed E-state index contributed by atoms with van der Waals surface area (Å²) in [5, 5.41) is 4.74. The molecular weight excluding hydrogens is 404 g/mol. The van der Waals surface area contributed by atoms with Crippen molar-refractivity contribution in [2.24, 2.45) is 0 Å². The second-order valence-electron chi connectivity index (χ2n) is 7.84. The smallest absolute Gasteiger partial charge is 0.215 e. The highest BCUT2D eigenvalue weighted by molar-refractivity contribution is 6.27. The third-order valence-corrected chi connectivity index (χ3v) is 6.13. The molecule has 33 heavy (non-hydrogen) atoms. The van der Waals surface area contributed by atoms with Gasteiger partial charge in [0, 0.05) is 22.1 Å². The molecule has 0 aliphatic rings. The molecule has 3 nitrogen and oxygen atoms in total. The van der Waals surface area contributed by atoms with E-state index in [1.165, 1.54) is 21.5 Å². The normalized spacial score (nSPS) is 11.3. The van der Waals surface area contributed by atoms with Gasteiger partial charge in [0.05, 0.1) is 21.8 Å². The number of rotatable bonds is 2. The van der Waals surface area contributed by atoms with Gasteiger partial charge in [-0.15, -0.1) is 0 Å². The predicted octanol–water partition coefficient (Wildman–Crippen LogP) is 8.50. The number of para-hydroxylation sites is 4. The van der Waals surface area contributed by atoms with Crippen LogP contribution in [0.25, 0.3) is 55.4 Å². The summed E-state index contributed by atoms with van der Waals surface area (Å²) >= 11 is 0. The topological polar surface area (TPSA) is 23.0 Å². The zero-order chi connectivity index (χ0) is 22.4. The van der Waals surface area contributed by atoms with Crippen LogP contribution in [0.3, 0.4) is 0 Å². The van der Waals surface area contributed by atoms with Crippen LogP contribution in [-0.4, -0.2) is 9.13 Å². The first-order chi connectivity index (χ1) is 16.4. The molecule has 0 N–H and O–H groups in total. The minimum Gasteiger partial charge on any atom is -0.422 e. The van der Waals surface area contributed by atoms with Crippen molar-refractivity contribution in [2.75, 3.05) is 0 Å². The molecule has 0 saturated carbocycles. The lowest BCUT2D eigenvalue weighted by Crippen LogP contribution is -1.94. The lowest BCUT2D eigenvalue weighted by atomic mass is 10.1. The minimum atomic E-state index is 0.882. The second-order valence-corrected chi connectivity index (χ2v) is 7.84. The van der Waals surface area contributed by atoms with Crippen LogP contribution in [-0.2, 0) is 0 Å². The first-order valence-electron chi connectivity index (χ1n) is 11.5. The fourth-order valence-corrected chi connectivity index (χ4v) is 4.87. The van der Waals surface area contributed by atoms with E-state index in [4.69, 9.17) is 4.42 Å². The van der Waals surface area contributed by atoms with E-state index in [2.05, 4.69) is 106 Å². The number of hydrogen-bond acceptors (Lipinski definition) is 1. The maximum absolute atomic E-state index is 6.72. The molecule has 0 radical (unpaired) electrons. The molecule has 3 heterocycles. The average molecular weight is 429 g/mol. The lowest BCUT2D eigenvalue weighted by Gasteiger charge is -2.07. The zero-order valence-corrected chi connectivity index (χ0v) is 18.7. The van der Waals surface area contributed by atoms with Gasteiger partial charge in [-0.3, -0.25) is 9.13 Å². The molecule has 0 bridgehead atoms. The van der Waals surface area contributed by atoms with Gasteiger partial charge in [-0.25, -0.2) is 0 Å². The van der Waals surface area contributed by atoms with Crippen molar-refractivity contribution in [3.8, 4) is 11.4 Å². The van der Waals surface area contributed by atoms with Gasteiger partial charge in [-0.2, -0.15) is 0 Å². The first-order valence-corrected chi connectivity index (χ1v) is 11.5. The van der Waals surface area contributed by atoms with Crippen molar-refractivity contribution >= 4 is 44.0 Å². The van der Waals surface area contributed by atoms with Gasteiger partial charge >= 0.3 is 0 Å². The molecule has 0 aliphatic heterocycles. The Hall–Kier alpha value is -4.24. The molecule has 7 aromatic rings. The van der Waals surface area contributed by atoms with E-state index in [1.54, 1.807) is 0 Å². The molecule has 0 aliphatic carbocycles. The van der Waals surface area contributed by atoms with Crippen LogP contribution in [0.15, 0.2) is 114 Å². The zero-order valence-electron chi connectivity index (χ0n) is 18.7. The Balaban J connectivity index is 0.00000101. The Morgan fingerprint density at radius 1 is 0.455 bits per heavy atom. The maximum atomic E-state index is 6.72. The lowest BCUT2D eigenvalue weighted by molar-refractivity contribution is 0.624.